The minimum atomic E-state index is -3.13. The van der Waals surface area contributed by atoms with Crippen LogP contribution >= 0.6 is 0 Å². The first-order valence-corrected chi connectivity index (χ1v) is 11.1. The summed E-state index contributed by atoms with van der Waals surface area (Å²) in [5.74, 6) is 1.69. The Labute approximate surface area is 152 Å². The molecule has 1 fully saturated rings. The van der Waals surface area contributed by atoms with Gasteiger partial charge in [-0.3, -0.25) is 4.99 Å². The zero-order valence-electron chi connectivity index (χ0n) is 15.6. The van der Waals surface area contributed by atoms with E-state index in [1.807, 2.05) is 12.1 Å². The van der Waals surface area contributed by atoms with E-state index in [4.69, 9.17) is 0 Å². The molecule has 1 aromatic rings. The zero-order chi connectivity index (χ0) is 18.3. The summed E-state index contributed by atoms with van der Waals surface area (Å²) in [7, 11) is -1.32. The summed E-state index contributed by atoms with van der Waals surface area (Å²) < 4.78 is 23.0. The summed E-state index contributed by atoms with van der Waals surface area (Å²) in [4.78, 5) is 4.69. The van der Waals surface area contributed by atoms with Gasteiger partial charge in [-0.1, -0.05) is 38.3 Å². The van der Waals surface area contributed by atoms with Gasteiger partial charge in [-0.15, -0.1) is 0 Å². The fraction of sp³-hybridized carbons (Fsp3) is 0.632. The first-order valence-electron chi connectivity index (χ1n) is 9.18. The van der Waals surface area contributed by atoms with Crippen LogP contribution in [0.15, 0.2) is 34.2 Å². The Morgan fingerprint density at radius 3 is 2.56 bits per heavy atom. The quantitative estimate of drug-likeness (QED) is 0.601. The average Bonchev–Trinajstić information content (AvgIpc) is 2.60. The van der Waals surface area contributed by atoms with Crippen LogP contribution in [-0.4, -0.2) is 40.3 Å². The maximum Gasteiger partial charge on any atom is 0.191 e. The van der Waals surface area contributed by atoms with Crippen molar-refractivity contribution in [2.75, 3.05) is 19.8 Å². The maximum atomic E-state index is 11.5. The maximum absolute atomic E-state index is 11.5. The van der Waals surface area contributed by atoms with Gasteiger partial charge >= 0.3 is 0 Å². The molecule has 0 amide bonds. The van der Waals surface area contributed by atoms with E-state index in [0.29, 0.717) is 10.9 Å². The lowest BCUT2D eigenvalue weighted by Crippen LogP contribution is -2.45. The Kier molecular flexibility index (Phi) is 7.29. The number of benzene rings is 1. The fourth-order valence-corrected chi connectivity index (χ4v) is 4.04. The van der Waals surface area contributed by atoms with Crippen molar-refractivity contribution in [1.82, 2.24) is 10.6 Å². The SMILES string of the molecule is CCC1CCCC(NC(=NC)NCCc2ccc(S(C)(=O)=O)cc2)C1. The summed E-state index contributed by atoms with van der Waals surface area (Å²) in [6.07, 6.45) is 8.40. The molecule has 0 saturated heterocycles. The molecule has 25 heavy (non-hydrogen) atoms. The number of hydrogen-bond acceptors (Lipinski definition) is 3. The molecule has 2 rings (SSSR count). The second-order valence-corrected chi connectivity index (χ2v) is 8.96. The topological polar surface area (TPSA) is 70.6 Å². The molecule has 140 valence electrons. The number of sulfone groups is 1. The molecule has 0 aliphatic heterocycles. The van der Waals surface area contributed by atoms with E-state index >= 15 is 0 Å². The van der Waals surface area contributed by atoms with Crippen LogP contribution in [-0.2, 0) is 16.3 Å². The lowest BCUT2D eigenvalue weighted by molar-refractivity contribution is 0.298. The summed E-state index contributed by atoms with van der Waals surface area (Å²) in [6, 6.07) is 7.61. The predicted octanol–water partition coefficient (Wildman–Crippen LogP) is 2.77. The second-order valence-electron chi connectivity index (χ2n) is 6.95. The van der Waals surface area contributed by atoms with Crippen molar-refractivity contribution in [3.8, 4) is 0 Å². The van der Waals surface area contributed by atoms with Gasteiger partial charge in [0.2, 0.25) is 0 Å². The molecular weight excluding hydrogens is 334 g/mol. The van der Waals surface area contributed by atoms with Gasteiger partial charge in [0, 0.05) is 25.9 Å². The van der Waals surface area contributed by atoms with Crippen LogP contribution in [0.2, 0.25) is 0 Å². The van der Waals surface area contributed by atoms with Gasteiger partial charge in [0.25, 0.3) is 0 Å². The Hall–Kier alpha value is -1.56. The van der Waals surface area contributed by atoms with Crippen LogP contribution in [0.4, 0.5) is 0 Å². The molecule has 0 heterocycles. The number of hydrogen-bond donors (Lipinski definition) is 2. The molecule has 6 heteroatoms. The van der Waals surface area contributed by atoms with Crippen molar-refractivity contribution < 1.29 is 8.42 Å². The van der Waals surface area contributed by atoms with Crippen LogP contribution in [0.1, 0.15) is 44.6 Å². The molecule has 1 saturated carbocycles. The number of nitrogens with zero attached hydrogens (tertiary/aromatic N) is 1. The Balaban J connectivity index is 1.79. The van der Waals surface area contributed by atoms with Crippen LogP contribution in [0.25, 0.3) is 0 Å². The Morgan fingerprint density at radius 1 is 1.24 bits per heavy atom. The first kappa shape index (κ1) is 19.8. The molecule has 2 N–H and O–H groups in total. The third kappa shape index (κ3) is 6.34. The summed E-state index contributed by atoms with van der Waals surface area (Å²) in [6.45, 7) is 3.04. The standard InChI is InChI=1S/C19H31N3O2S/c1-4-15-6-5-7-17(14-15)22-19(20-2)21-13-12-16-8-10-18(11-9-16)25(3,23)24/h8-11,15,17H,4-7,12-14H2,1-3H3,(H2,20,21,22). The highest BCUT2D eigenvalue weighted by Crippen LogP contribution is 2.26. The molecule has 2 atom stereocenters. The second kappa shape index (κ2) is 9.22. The molecule has 1 aliphatic rings. The van der Waals surface area contributed by atoms with Gasteiger partial charge in [-0.05, 0) is 42.9 Å². The van der Waals surface area contributed by atoms with Crippen molar-refractivity contribution in [1.29, 1.82) is 0 Å². The van der Waals surface area contributed by atoms with E-state index < -0.39 is 9.84 Å². The first-order chi connectivity index (χ1) is 11.9. The molecule has 0 radical (unpaired) electrons. The van der Waals surface area contributed by atoms with Gasteiger partial charge < -0.3 is 10.6 Å². The molecule has 1 aromatic carbocycles. The number of guanidine groups is 1. The molecule has 5 nitrogen and oxygen atoms in total. The average molecular weight is 366 g/mol. The molecule has 2 unspecified atom stereocenters. The molecule has 0 spiro atoms. The number of rotatable bonds is 6. The van der Waals surface area contributed by atoms with Crippen molar-refractivity contribution in [2.24, 2.45) is 10.9 Å². The van der Waals surface area contributed by atoms with Crippen molar-refractivity contribution in [2.45, 2.75) is 56.4 Å². The van der Waals surface area contributed by atoms with E-state index in [0.717, 1.165) is 30.4 Å². The van der Waals surface area contributed by atoms with E-state index in [-0.39, 0.29) is 0 Å². The van der Waals surface area contributed by atoms with Crippen LogP contribution in [0.5, 0.6) is 0 Å². The van der Waals surface area contributed by atoms with Gasteiger partial charge in [-0.25, -0.2) is 8.42 Å². The zero-order valence-corrected chi connectivity index (χ0v) is 16.4. The van der Waals surface area contributed by atoms with Crippen LogP contribution in [0.3, 0.4) is 0 Å². The molecule has 0 aromatic heterocycles. The van der Waals surface area contributed by atoms with Crippen LogP contribution < -0.4 is 10.6 Å². The monoisotopic (exact) mass is 365 g/mol. The third-order valence-corrected chi connectivity index (χ3v) is 6.11. The normalized spacial score (nSPS) is 21.8. The number of aliphatic imine (C=N–C) groups is 1. The Morgan fingerprint density at radius 2 is 1.96 bits per heavy atom. The van der Waals surface area contributed by atoms with Gasteiger partial charge in [0.1, 0.15) is 0 Å². The summed E-state index contributed by atoms with van der Waals surface area (Å²) in [5.41, 5.74) is 1.11. The predicted molar refractivity (Wildman–Crippen MR) is 104 cm³/mol. The molecule has 0 bridgehead atoms. The molecular formula is C19H31N3O2S. The minimum Gasteiger partial charge on any atom is -0.356 e. The van der Waals surface area contributed by atoms with Crippen molar-refractivity contribution in [3.05, 3.63) is 29.8 Å². The largest absolute Gasteiger partial charge is 0.356 e. The highest BCUT2D eigenvalue weighted by atomic mass is 32.2. The summed E-state index contributed by atoms with van der Waals surface area (Å²) in [5, 5.41) is 6.91. The van der Waals surface area contributed by atoms with Gasteiger partial charge in [0.05, 0.1) is 4.90 Å². The van der Waals surface area contributed by atoms with Gasteiger partial charge in [-0.2, -0.15) is 0 Å². The van der Waals surface area contributed by atoms with E-state index in [9.17, 15) is 8.42 Å². The van der Waals surface area contributed by atoms with E-state index in [1.165, 1.54) is 38.4 Å². The number of nitrogens with one attached hydrogen (secondary N) is 2. The van der Waals surface area contributed by atoms with Crippen LogP contribution in [0, 0.1) is 5.92 Å². The third-order valence-electron chi connectivity index (χ3n) is 4.98. The lowest BCUT2D eigenvalue weighted by Gasteiger charge is -2.30. The minimum absolute atomic E-state index is 0.365. The van der Waals surface area contributed by atoms with Crippen molar-refractivity contribution >= 4 is 15.8 Å². The Bertz CT molecular complexity index is 668. The lowest BCUT2D eigenvalue weighted by atomic mass is 9.84. The van der Waals surface area contributed by atoms with Crippen molar-refractivity contribution in [3.63, 3.8) is 0 Å². The fourth-order valence-electron chi connectivity index (χ4n) is 3.41. The smallest absolute Gasteiger partial charge is 0.191 e. The highest BCUT2D eigenvalue weighted by molar-refractivity contribution is 7.90. The van der Waals surface area contributed by atoms with E-state index in [2.05, 4.69) is 22.5 Å². The summed E-state index contributed by atoms with van der Waals surface area (Å²) >= 11 is 0. The molecule has 1 aliphatic carbocycles. The highest BCUT2D eigenvalue weighted by Gasteiger charge is 2.21. The van der Waals surface area contributed by atoms with E-state index in [1.54, 1.807) is 19.2 Å². The van der Waals surface area contributed by atoms with Gasteiger partial charge in [0.15, 0.2) is 15.8 Å².